The Balaban J connectivity index is 2.72. The fraction of sp³-hybridized carbons (Fsp3) is 0.556. The Morgan fingerprint density at radius 3 is 2.41 bits per heavy atom. The number of ether oxygens (including phenoxy) is 2. The molecule has 1 aromatic rings. The van der Waals surface area contributed by atoms with Crippen molar-refractivity contribution >= 4 is 11.9 Å². The van der Waals surface area contributed by atoms with Crippen molar-refractivity contribution in [3.8, 4) is 0 Å². The lowest BCUT2D eigenvalue weighted by Crippen LogP contribution is -2.24. The lowest BCUT2D eigenvalue weighted by atomic mass is 9.95. The summed E-state index contributed by atoms with van der Waals surface area (Å²) in [6, 6.07) is 7.94. The van der Waals surface area contributed by atoms with Gasteiger partial charge in [0.05, 0.1) is 25.6 Å². The number of carbonyl (C=O) groups excluding carboxylic acids is 2. The van der Waals surface area contributed by atoms with Crippen LogP contribution in [0.1, 0.15) is 44.2 Å². The van der Waals surface area contributed by atoms with E-state index in [2.05, 4.69) is 0 Å². The molecule has 0 N–H and O–H groups in total. The molecule has 4 nitrogen and oxygen atoms in total. The van der Waals surface area contributed by atoms with E-state index in [4.69, 9.17) is 9.47 Å². The van der Waals surface area contributed by atoms with Crippen LogP contribution >= 0.6 is 0 Å². The van der Waals surface area contributed by atoms with Crippen molar-refractivity contribution in [2.24, 2.45) is 5.92 Å². The van der Waals surface area contributed by atoms with Crippen LogP contribution in [-0.4, -0.2) is 25.2 Å². The summed E-state index contributed by atoms with van der Waals surface area (Å²) >= 11 is 0. The van der Waals surface area contributed by atoms with E-state index in [1.54, 1.807) is 0 Å². The Morgan fingerprint density at radius 2 is 1.77 bits per heavy atom. The van der Waals surface area contributed by atoms with Gasteiger partial charge in [-0.2, -0.15) is 0 Å². The molecule has 0 radical (unpaired) electrons. The monoisotopic (exact) mass is 306 g/mol. The standard InChI is InChI=1S/C18H26O4/c1-4-9-21-17(19)13-16(18(20)22-10-5-2)12-15-8-6-7-14(3)11-15/h6-8,11,16H,4-5,9-10,12-13H2,1-3H3. The molecule has 0 saturated carbocycles. The minimum Gasteiger partial charge on any atom is -0.466 e. The molecule has 0 fully saturated rings. The second-order valence-electron chi connectivity index (χ2n) is 5.48. The second-order valence-corrected chi connectivity index (χ2v) is 5.48. The molecule has 4 heteroatoms. The van der Waals surface area contributed by atoms with E-state index in [0.29, 0.717) is 19.6 Å². The van der Waals surface area contributed by atoms with Gasteiger partial charge in [-0.25, -0.2) is 0 Å². The van der Waals surface area contributed by atoms with Crippen LogP contribution in [0.3, 0.4) is 0 Å². The SMILES string of the molecule is CCCOC(=O)CC(Cc1cccc(C)c1)C(=O)OCCC. The summed E-state index contributed by atoms with van der Waals surface area (Å²) in [5.74, 6) is -1.15. The molecule has 0 aliphatic rings. The van der Waals surface area contributed by atoms with Crippen LogP contribution in [0.25, 0.3) is 0 Å². The van der Waals surface area contributed by atoms with E-state index in [1.807, 2.05) is 45.0 Å². The van der Waals surface area contributed by atoms with Crippen molar-refractivity contribution in [3.05, 3.63) is 35.4 Å². The van der Waals surface area contributed by atoms with Crippen LogP contribution in [0.2, 0.25) is 0 Å². The molecule has 0 saturated heterocycles. The highest BCUT2D eigenvalue weighted by Gasteiger charge is 2.24. The van der Waals surface area contributed by atoms with Crippen molar-refractivity contribution in [1.82, 2.24) is 0 Å². The average molecular weight is 306 g/mol. The smallest absolute Gasteiger partial charge is 0.309 e. The third-order valence-corrected chi connectivity index (χ3v) is 3.23. The van der Waals surface area contributed by atoms with Gasteiger partial charge < -0.3 is 9.47 Å². The first-order valence-electron chi connectivity index (χ1n) is 7.94. The van der Waals surface area contributed by atoms with Gasteiger partial charge in [-0.3, -0.25) is 9.59 Å². The van der Waals surface area contributed by atoms with Crippen LogP contribution in [-0.2, 0) is 25.5 Å². The highest BCUT2D eigenvalue weighted by molar-refractivity contribution is 5.80. The predicted octanol–water partition coefficient (Wildman–Crippen LogP) is 3.45. The van der Waals surface area contributed by atoms with Crippen LogP contribution in [0, 0.1) is 12.8 Å². The molecule has 0 aliphatic heterocycles. The van der Waals surface area contributed by atoms with Gasteiger partial charge in [0.1, 0.15) is 0 Å². The summed E-state index contributed by atoms with van der Waals surface area (Å²) in [4.78, 5) is 24.0. The quantitative estimate of drug-likeness (QED) is 0.656. The van der Waals surface area contributed by atoms with E-state index in [1.165, 1.54) is 0 Å². The predicted molar refractivity (Wildman–Crippen MR) is 85.5 cm³/mol. The lowest BCUT2D eigenvalue weighted by Gasteiger charge is -2.15. The van der Waals surface area contributed by atoms with Gasteiger partial charge in [0.25, 0.3) is 0 Å². The minimum atomic E-state index is -0.488. The van der Waals surface area contributed by atoms with Crippen molar-refractivity contribution in [2.75, 3.05) is 13.2 Å². The number of carbonyl (C=O) groups is 2. The molecule has 0 bridgehead atoms. The fourth-order valence-corrected chi connectivity index (χ4v) is 2.16. The van der Waals surface area contributed by atoms with Gasteiger partial charge in [0, 0.05) is 0 Å². The molecule has 1 aromatic carbocycles. The van der Waals surface area contributed by atoms with E-state index < -0.39 is 5.92 Å². The lowest BCUT2D eigenvalue weighted by molar-refractivity contribution is -0.155. The fourth-order valence-electron chi connectivity index (χ4n) is 2.16. The molecule has 22 heavy (non-hydrogen) atoms. The molecule has 0 heterocycles. The van der Waals surface area contributed by atoms with Crippen LogP contribution < -0.4 is 0 Å². The largest absolute Gasteiger partial charge is 0.466 e. The maximum Gasteiger partial charge on any atom is 0.309 e. The maximum atomic E-state index is 12.2. The molecule has 122 valence electrons. The number of aryl methyl sites for hydroxylation is 1. The number of rotatable bonds is 9. The summed E-state index contributed by atoms with van der Waals surface area (Å²) in [6.45, 7) is 6.65. The summed E-state index contributed by atoms with van der Waals surface area (Å²) in [7, 11) is 0. The Bertz CT molecular complexity index is 482. The Kier molecular flexibility index (Phi) is 8.26. The Morgan fingerprint density at radius 1 is 1.09 bits per heavy atom. The highest BCUT2D eigenvalue weighted by atomic mass is 16.5. The van der Waals surface area contributed by atoms with E-state index in [-0.39, 0.29) is 18.4 Å². The molecule has 0 spiro atoms. The summed E-state index contributed by atoms with van der Waals surface area (Å²) in [5, 5.41) is 0. The normalized spacial score (nSPS) is 11.8. The Hall–Kier alpha value is -1.84. The van der Waals surface area contributed by atoms with Gasteiger partial charge in [0.2, 0.25) is 0 Å². The third kappa shape index (κ3) is 6.74. The zero-order chi connectivity index (χ0) is 16.4. The molecule has 0 amide bonds. The average Bonchev–Trinajstić information content (AvgIpc) is 2.50. The van der Waals surface area contributed by atoms with Crippen molar-refractivity contribution in [1.29, 1.82) is 0 Å². The first-order valence-corrected chi connectivity index (χ1v) is 7.94. The zero-order valence-electron chi connectivity index (χ0n) is 13.8. The first kappa shape index (κ1) is 18.2. The van der Waals surface area contributed by atoms with Crippen LogP contribution in [0.15, 0.2) is 24.3 Å². The van der Waals surface area contributed by atoms with Gasteiger partial charge in [-0.05, 0) is 31.7 Å². The minimum absolute atomic E-state index is 0.0660. The first-order chi connectivity index (χ1) is 10.6. The van der Waals surface area contributed by atoms with Crippen molar-refractivity contribution in [3.63, 3.8) is 0 Å². The number of benzene rings is 1. The van der Waals surface area contributed by atoms with Crippen LogP contribution in [0.4, 0.5) is 0 Å². The molecule has 0 aliphatic carbocycles. The number of hydrogen-bond donors (Lipinski definition) is 0. The van der Waals surface area contributed by atoms with Gasteiger partial charge >= 0.3 is 11.9 Å². The topological polar surface area (TPSA) is 52.6 Å². The molecular formula is C18H26O4. The highest BCUT2D eigenvalue weighted by Crippen LogP contribution is 2.16. The third-order valence-electron chi connectivity index (χ3n) is 3.23. The number of hydrogen-bond acceptors (Lipinski definition) is 4. The van der Waals surface area contributed by atoms with Gasteiger partial charge in [-0.15, -0.1) is 0 Å². The maximum absolute atomic E-state index is 12.2. The summed E-state index contributed by atoms with van der Waals surface area (Å²) in [5.41, 5.74) is 2.16. The molecule has 1 unspecified atom stereocenters. The summed E-state index contributed by atoms with van der Waals surface area (Å²) < 4.78 is 10.3. The van der Waals surface area contributed by atoms with E-state index in [9.17, 15) is 9.59 Å². The summed E-state index contributed by atoms with van der Waals surface area (Å²) in [6.07, 6.45) is 2.10. The molecule has 1 rings (SSSR count). The van der Waals surface area contributed by atoms with Crippen molar-refractivity contribution < 1.29 is 19.1 Å². The van der Waals surface area contributed by atoms with Crippen LogP contribution in [0.5, 0.6) is 0 Å². The zero-order valence-corrected chi connectivity index (χ0v) is 13.8. The molecule has 1 atom stereocenters. The molecule has 0 aromatic heterocycles. The van der Waals surface area contributed by atoms with Gasteiger partial charge in [-0.1, -0.05) is 43.7 Å². The number of esters is 2. The van der Waals surface area contributed by atoms with E-state index >= 15 is 0 Å². The second kappa shape index (κ2) is 9.98. The van der Waals surface area contributed by atoms with Gasteiger partial charge in [0.15, 0.2) is 0 Å². The Labute approximate surface area is 132 Å². The molecular weight excluding hydrogens is 280 g/mol. The van der Waals surface area contributed by atoms with Crippen molar-refractivity contribution in [2.45, 2.75) is 46.5 Å². The van der Waals surface area contributed by atoms with E-state index in [0.717, 1.165) is 24.0 Å².